The summed E-state index contributed by atoms with van der Waals surface area (Å²) in [7, 11) is 1.79. The number of carbonyl (C=O) groups is 1. The van der Waals surface area contributed by atoms with Gasteiger partial charge in [0.1, 0.15) is 0 Å². The van der Waals surface area contributed by atoms with E-state index < -0.39 is 0 Å². The van der Waals surface area contributed by atoms with Crippen LogP contribution in [0.2, 0.25) is 0 Å². The quantitative estimate of drug-likeness (QED) is 0.617. The van der Waals surface area contributed by atoms with Crippen LogP contribution in [-0.4, -0.2) is 25.5 Å². The number of aromatic nitrogens is 4. The lowest BCUT2D eigenvalue weighted by molar-refractivity contribution is 0.102. The Labute approximate surface area is 151 Å². The SMILES string of the molecule is Cc1nn(C)cc1C(=O)Nc1ccn(Cc2cccc3ccccc23)n1. The van der Waals surface area contributed by atoms with Crippen LogP contribution in [0.1, 0.15) is 21.6 Å². The molecule has 4 rings (SSSR count). The second kappa shape index (κ2) is 6.48. The van der Waals surface area contributed by atoms with Gasteiger partial charge >= 0.3 is 0 Å². The van der Waals surface area contributed by atoms with Crippen LogP contribution in [0.25, 0.3) is 10.8 Å². The summed E-state index contributed by atoms with van der Waals surface area (Å²) in [6, 6.07) is 16.3. The molecular weight excluding hydrogens is 326 g/mol. The molecule has 1 N–H and O–H groups in total. The van der Waals surface area contributed by atoms with E-state index in [1.54, 1.807) is 24.0 Å². The second-order valence-corrected chi connectivity index (χ2v) is 6.29. The Bertz CT molecular complexity index is 1090. The zero-order chi connectivity index (χ0) is 18.1. The van der Waals surface area contributed by atoms with E-state index in [1.807, 2.05) is 29.9 Å². The van der Waals surface area contributed by atoms with Crippen LogP contribution in [0.15, 0.2) is 60.9 Å². The number of hydrogen-bond donors (Lipinski definition) is 1. The van der Waals surface area contributed by atoms with Crippen molar-refractivity contribution in [3.8, 4) is 0 Å². The fraction of sp³-hybridized carbons (Fsp3) is 0.150. The van der Waals surface area contributed by atoms with Crippen LogP contribution in [0.4, 0.5) is 5.82 Å². The average molecular weight is 345 g/mol. The lowest BCUT2D eigenvalue weighted by atomic mass is 10.0. The molecule has 2 aromatic heterocycles. The number of nitrogens with zero attached hydrogens (tertiary/aromatic N) is 4. The average Bonchev–Trinajstić information content (AvgIpc) is 3.21. The van der Waals surface area contributed by atoms with Gasteiger partial charge in [-0.25, -0.2) is 0 Å². The third-order valence-corrected chi connectivity index (χ3v) is 4.35. The minimum atomic E-state index is -0.203. The van der Waals surface area contributed by atoms with Crippen molar-refractivity contribution in [3.63, 3.8) is 0 Å². The van der Waals surface area contributed by atoms with Gasteiger partial charge in [0.05, 0.1) is 17.8 Å². The van der Waals surface area contributed by atoms with Gasteiger partial charge in [-0.05, 0) is 23.3 Å². The Kier molecular flexibility index (Phi) is 4.01. The number of anilines is 1. The first-order chi connectivity index (χ1) is 12.6. The number of hydrogen-bond acceptors (Lipinski definition) is 3. The van der Waals surface area contributed by atoms with Crippen molar-refractivity contribution in [1.82, 2.24) is 19.6 Å². The molecule has 0 radical (unpaired) electrons. The van der Waals surface area contributed by atoms with E-state index in [9.17, 15) is 4.79 Å². The fourth-order valence-electron chi connectivity index (χ4n) is 3.13. The van der Waals surface area contributed by atoms with E-state index in [-0.39, 0.29) is 5.91 Å². The number of benzene rings is 2. The lowest BCUT2D eigenvalue weighted by Gasteiger charge is -2.07. The molecule has 26 heavy (non-hydrogen) atoms. The molecule has 0 fully saturated rings. The van der Waals surface area contributed by atoms with E-state index in [2.05, 4.69) is 45.8 Å². The van der Waals surface area contributed by atoms with Gasteiger partial charge in [-0.1, -0.05) is 42.5 Å². The van der Waals surface area contributed by atoms with Gasteiger partial charge in [0.2, 0.25) is 0 Å². The zero-order valence-corrected chi connectivity index (χ0v) is 14.7. The van der Waals surface area contributed by atoms with Gasteiger partial charge in [-0.15, -0.1) is 0 Å². The van der Waals surface area contributed by atoms with Crippen LogP contribution in [0.3, 0.4) is 0 Å². The number of rotatable bonds is 4. The first-order valence-corrected chi connectivity index (χ1v) is 8.42. The molecule has 0 spiro atoms. The molecule has 0 bridgehead atoms. The summed E-state index contributed by atoms with van der Waals surface area (Å²) < 4.78 is 3.46. The maximum atomic E-state index is 12.4. The van der Waals surface area contributed by atoms with Crippen molar-refractivity contribution in [1.29, 1.82) is 0 Å². The second-order valence-electron chi connectivity index (χ2n) is 6.29. The van der Waals surface area contributed by atoms with E-state index in [4.69, 9.17) is 0 Å². The Morgan fingerprint density at radius 2 is 1.88 bits per heavy atom. The van der Waals surface area contributed by atoms with Gasteiger partial charge in [0.25, 0.3) is 5.91 Å². The minimum absolute atomic E-state index is 0.203. The molecule has 130 valence electrons. The highest BCUT2D eigenvalue weighted by molar-refractivity contribution is 6.04. The first kappa shape index (κ1) is 16.1. The lowest BCUT2D eigenvalue weighted by Crippen LogP contribution is -2.13. The predicted molar refractivity (Wildman–Crippen MR) is 101 cm³/mol. The smallest absolute Gasteiger partial charge is 0.260 e. The minimum Gasteiger partial charge on any atom is -0.305 e. The monoisotopic (exact) mass is 345 g/mol. The largest absolute Gasteiger partial charge is 0.305 e. The molecule has 0 saturated carbocycles. The van der Waals surface area contributed by atoms with Crippen molar-refractivity contribution in [2.75, 3.05) is 5.32 Å². The molecule has 0 atom stereocenters. The van der Waals surface area contributed by atoms with Crippen LogP contribution in [0.5, 0.6) is 0 Å². The van der Waals surface area contributed by atoms with Crippen molar-refractivity contribution in [3.05, 3.63) is 77.7 Å². The molecule has 0 saturated heterocycles. The van der Waals surface area contributed by atoms with Gasteiger partial charge in [0.15, 0.2) is 5.82 Å². The van der Waals surface area contributed by atoms with E-state index in [1.165, 1.54) is 16.3 Å². The Morgan fingerprint density at radius 1 is 1.08 bits per heavy atom. The summed E-state index contributed by atoms with van der Waals surface area (Å²) in [5.41, 5.74) is 2.43. The number of carbonyl (C=O) groups excluding carboxylic acids is 1. The normalized spacial score (nSPS) is 11.0. The van der Waals surface area contributed by atoms with Crippen LogP contribution in [-0.2, 0) is 13.6 Å². The Balaban J connectivity index is 1.53. The van der Waals surface area contributed by atoms with Gasteiger partial charge in [0, 0.05) is 25.5 Å². The summed E-state index contributed by atoms with van der Waals surface area (Å²) in [6.07, 6.45) is 3.57. The van der Waals surface area contributed by atoms with Crippen molar-refractivity contribution in [2.24, 2.45) is 7.05 Å². The third-order valence-electron chi connectivity index (χ3n) is 4.35. The molecular formula is C20H19N5O. The van der Waals surface area contributed by atoms with Crippen LogP contribution in [0, 0.1) is 6.92 Å². The molecule has 0 aliphatic rings. The predicted octanol–water partition coefficient (Wildman–Crippen LogP) is 3.38. The molecule has 2 aromatic carbocycles. The molecule has 6 nitrogen and oxygen atoms in total. The van der Waals surface area contributed by atoms with Crippen molar-refractivity contribution < 1.29 is 4.79 Å². The summed E-state index contributed by atoms with van der Waals surface area (Å²) in [5.74, 6) is 0.324. The van der Waals surface area contributed by atoms with E-state index in [0.29, 0.717) is 23.6 Å². The zero-order valence-electron chi connectivity index (χ0n) is 14.7. The van der Waals surface area contributed by atoms with Gasteiger partial charge < -0.3 is 5.32 Å². The van der Waals surface area contributed by atoms with Gasteiger partial charge in [-0.3, -0.25) is 14.2 Å². The Morgan fingerprint density at radius 3 is 2.69 bits per heavy atom. The number of aryl methyl sites for hydroxylation is 2. The summed E-state index contributed by atoms with van der Waals surface area (Å²) in [4.78, 5) is 12.4. The topological polar surface area (TPSA) is 64.7 Å². The first-order valence-electron chi connectivity index (χ1n) is 8.42. The van der Waals surface area contributed by atoms with E-state index >= 15 is 0 Å². The Hall–Kier alpha value is -3.41. The number of fused-ring (bicyclic) bond motifs is 1. The maximum Gasteiger partial charge on any atom is 0.260 e. The molecule has 1 amide bonds. The van der Waals surface area contributed by atoms with Crippen molar-refractivity contribution in [2.45, 2.75) is 13.5 Å². The standard InChI is InChI=1S/C20H19N5O/c1-14-18(13-24(2)22-14)20(26)21-19-10-11-25(23-19)12-16-8-5-7-15-6-3-4-9-17(15)16/h3-11,13H,12H2,1-2H3,(H,21,23,26). The molecule has 6 heteroatoms. The summed E-state index contributed by atoms with van der Waals surface area (Å²) in [5, 5.41) is 13.9. The number of amides is 1. The third kappa shape index (κ3) is 3.09. The highest BCUT2D eigenvalue weighted by Gasteiger charge is 2.14. The van der Waals surface area contributed by atoms with Crippen LogP contribution < -0.4 is 5.32 Å². The summed E-state index contributed by atoms with van der Waals surface area (Å²) in [6.45, 7) is 2.46. The molecule has 0 unspecified atom stereocenters. The molecule has 2 heterocycles. The molecule has 0 aliphatic carbocycles. The summed E-state index contributed by atoms with van der Waals surface area (Å²) >= 11 is 0. The fourth-order valence-corrected chi connectivity index (χ4v) is 3.13. The number of nitrogens with one attached hydrogen (secondary N) is 1. The molecule has 4 aromatic rings. The maximum absolute atomic E-state index is 12.4. The van der Waals surface area contributed by atoms with Gasteiger partial charge in [-0.2, -0.15) is 10.2 Å². The van der Waals surface area contributed by atoms with Crippen molar-refractivity contribution >= 4 is 22.5 Å². The highest BCUT2D eigenvalue weighted by Crippen LogP contribution is 2.19. The molecule has 0 aliphatic heterocycles. The van der Waals surface area contributed by atoms with E-state index in [0.717, 1.165) is 0 Å². The van der Waals surface area contributed by atoms with Crippen LogP contribution >= 0.6 is 0 Å². The highest BCUT2D eigenvalue weighted by atomic mass is 16.1.